The van der Waals surface area contributed by atoms with Gasteiger partial charge < -0.3 is 10.5 Å². The fourth-order valence-electron chi connectivity index (χ4n) is 1.86. The molecule has 0 unspecified atom stereocenters. The lowest BCUT2D eigenvalue weighted by atomic mass is 10.2. The van der Waals surface area contributed by atoms with Gasteiger partial charge in [-0.05, 0) is 18.1 Å². The van der Waals surface area contributed by atoms with Gasteiger partial charge in [-0.1, -0.05) is 13.8 Å². The highest BCUT2D eigenvalue weighted by molar-refractivity contribution is 7.89. The smallest absolute Gasteiger partial charge is 0.249 e. The van der Waals surface area contributed by atoms with Gasteiger partial charge in [0.15, 0.2) is 4.90 Å². The highest BCUT2D eigenvalue weighted by Gasteiger charge is 2.31. The van der Waals surface area contributed by atoms with Crippen molar-refractivity contribution >= 4 is 15.7 Å². The molecule has 0 saturated heterocycles. The fraction of sp³-hybridized carbons (Fsp3) is 0.538. The number of nitrogen functional groups attached to an aromatic ring is 1. The van der Waals surface area contributed by atoms with E-state index in [2.05, 4.69) is 0 Å². The van der Waals surface area contributed by atoms with E-state index in [0.717, 1.165) is 16.4 Å². The summed E-state index contributed by atoms with van der Waals surface area (Å²) in [6.07, 6.45) is 0. The van der Waals surface area contributed by atoms with Crippen LogP contribution in [0.25, 0.3) is 0 Å². The first-order chi connectivity index (χ1) is 9.70. The lowest BCUT2D eigenvalue weighted by Gasteiger charge is -2.24. The van der Waals surface area contributed by atoms with Crippen LogP contribution in [0.5, 0.6) is 0 Å². The van der Waals surface area contributed by atoms with Crippen LogP contribution in [0.3, 0.4) is 0 Å². The first-order valence-corrected chi connectivity index (χ1v) is 7.87. The summed E-state index contributed by atoms with van der Waals surface area (Å²) in [5.41, 5.74) is 5.13. The van der Waals surface area contributed by atoms with E-state index in [0.29, 0.717) is 0 Å². The molecule has 0 aromatic heterocycles. The zero-order valence-corrected chi connectivity index (χ0v) is 13.1. The van der Waals surface area contributed by atoms with Crippen molar-refractivity contribution in [1.82, 2.24) is 4.31 Å². The summed E-state index contributed by atoms with van der Waals surface area (Å²) in [5, 5.41) is 0. The van der Waals surface area contributed by atoms with Crippen LogP contribution >= 0.6 is 0 Å². The Morgan fingerprint density at radius 2 is 1.81 bits per heavy atom. The Bertz CT molecular complexity index is 568. The third-order valence-corrected chi connectivity index (χ3v) is 4.65. The van der Waals surface area contributed by atoms with Gasteiger partial charge in [-0.15, -0.1) is 0 Å². The van der Waals surface area contributed by atoms with Crippen molar-refractivity contribution in [3.8, 4) is 0 Å². The van der Waals surface area contributed by atoms with Crippen molar-refractivity contribution < 1.29 is 21.9 Å². The molecule has 1 aromatic rings. The lowest BCUT2D eigenvalue weighted by molar-refractivity contribution is 0.175. The maximum atomic E-state index is 13.9. The van der Waals surface area contributed by atoms with Crippen LogP contribution in [0.4, 0.5) is 14.5 Å². The van der Waals surface area contributed by atoms with Crippen molar-refractivity contribution in [2.75, 3.05) is 32.5 Å². The third-order valence-electron chi connectivity index (χ3n) is 2.73. The molecule has 0 amide bonds. The Hall–Kier alpha value is -1.25. The van der Waals surface area contributed by atoms with Crippen LogP contribution in [0.15, 0.2) is 17.0 Å². The van der Waals surface area contributed by atoms with E-state index < -0.39 is 26.6 Å². The van der Waals surface area contributed by atoms with Crippen LogP contribution in [0.2, 0.25) is 0 Å². The zero-order chi connectivity index (χ0) is 16.2. The Morgan fingerprint density at radius 1 is 1.29 bits per heavy atom. The number of ether oxygens (including phenoxy) is 1. The molecule has 0 heterocycles. The summed E-state index contributed by atoms with van der Waals surface area (Å²) in [5.74, 6) is -2.39. The van der Waals surface area contributed by atoms with Crippen molar-refractivity contribution in [2.45, 2.75) is 18.7 Å². The molecule has 0 saturated carbocycles. The number of nitrogens with zero attached hydrogens (tertiary/aromatic N) is 1. The zero-order valence-electron chi connectivity index (χ0n) is 12.3. The number of methoxy groups -OCH3 is 1. The van der Waals surface area contributed by atoms with E-state index in [-0.39, 0.29) is 31.3 Å². The number of rotatable bonds is 7. The third kappa shape index (κ3) is 4.36. The largest absolute Gasteiger partial charge is 0.399 e. The molecule has 0 aliphatic heterocycles. The second kappa shape index (κ2) is 7.15. The van der Waals surface area contributed by atoms with E-state index in [1.165, 1.54) is 7.11 Å². The Labute approximate surface area is 123 Å². The average Bonchev–Trinajstić information content (AvgIpc) is 2.32. The molecule has 2 N–H and O–H groups in total. The molecule has 1 rings (SSSR count). The van der Waals surface area contributed by atoms with Crippen LogP contribution in [-0.4, -0.2) is 39.5 Å². The van der Waals surface area contributed by atoms with Crippen molar-refractivity contribution in [3.05, 3.63) is 23.8 Å². The van der Waals surface area contributed by atoms with Gasteiger partial charge in [0.05, 0.1) is 6.61 Å². The molecular formula is C13H20F2N2O3S. The monoisotopic (exact) mass is 322 g/mol. The van der Waals surface area contributed by atoms with Gasteiger partial charge in [-0.25, -0.2) is 17.2 Å². The summed E-state index contributed by atoms with van der Waals surface area (Å²) in [6.45, 7) is 3.90. The molecule has 8 heteroatoms. The van der Waals surface area contributed by atoms with Gasteiger partial charge in [0.2, 0.25) is 10.0 Å². The summed E-state index contributed by atoms with van der Waals surface area (Å²) in [7, 11) is -2.88. The molecule has 5 nitrogen and oxygen atoms in total. The molecule has 0 radical (unpaired) electrons. The van der Waals surface area contributed by atoms with Crippen molar-refractivity contribution in [1.29, 1.82) is 0 Å². The van der Waals surface area contributed by atoms with E-state index in [9.17, 15) is 17.2 Å². The maximum absolute atomic E-state index is 13.9. The van der Waals surface area contributed by atoms with Gasteiger partial charge in [-0.3, -0.25) is 0 Å². The second-order valence-electron chi connectivity index (χ2n) is 5.06. The Morgan fingerprint density at radius 3 is 2.24 bits per heavy atom. The number of hydrogen-bond acceptors (Lipinski definition) is 4. The molecule has 21 heavy (non-hydrogen) atoms. The van der Waals surface area contributed by atoms with Gasteiger partial charge in [0.1, 0.15) is 11.6 Å². The predicted molar refractivity (Wildman–Crippen MR) is 76.2 cm³/mol. The highest BCUT2D eigenvalue weighted by Crippen LogP contribution is 2.25. The number of anilines is 1. The van der Waals surface area contributed by atoms with Gasteiger partial charge >= 0.3 is 0 Å². The number of halogens is 2. The van der Waals surface area contributed by atoms with Gasteiger partial charge in [-0.2, -0.15) is 4.31 Å². The van der Waals surface area contributed by atoms with E-state index in [1.54, 1.807) is 0 Å². The Balaban J connectivity index is 3.28. The number of nitrogens with two attached hydrogens (primary N) is 1. The fourth-order valence-corrected chi connectivity index (χ4v) is 3.54. The standard InChI is InChI=1S/C13H20F2N2O3S/c1-9(2)8-17(4-5-20-3)21(18,19)13-11(14)6-10(16)7-12(13)15/h6-7,9H,4-5,8,16H2,1-3H3. The first-order valence-electron chi connectivity index (χ1n) is 6.43. The molecule has 120 valence electrons. The number of hydrogen-bond donors (Lipinski definition) is 1. The summed E-state index contributed by atoms with van der Waals surface area (Å²) in [6, 6.07) is 1.58. The normalized spacial score (nSPS) is 12.3. The van der Waals surface area contributed by atoms with Crippen LogP contribution in [-0.2, 0) is 14.8 Å². The van der Waals surface area contributed by atoms with Crippen molar-refractivity contribution in [2.24, 2.45) is 5.92 Å². The molecule has 0 aliphatic carbocycles. The quantitative estimate of drug-likeness (QED) is 0.778. The minimum atomic E-state index is -4.30. The number of sulfonamides is 1. The molecule has 0 fully saturated rings. The minimum Gasteiger partial charge on any atom is -0.399 e. The summed E-state index contributed by atoms with van der Waals surface area (Å²) in [4.78, 5) is -0.978. The van der Waals surface area contributed by atoms with E-state index in [1.807, 2.05) is 13.8 Å². The molecular weight excluding hydrogens is 302 g/mol. The average molecular weight is 322 g/mol. The molecule has 0 aliphatic rings. The van der Waals surface area contributed by atoms with E-state index in [4.69, 9.17) is 10.5 Å². The Kier molecular flexibility index (Phi) is 6.06. The minimum absolute atomic E-state index is 0.00321. The molecule has 0 spiro atoms. The SMILES string of the molecule is COCCN(CC(C)C)S(=O)(=O)c1c(F)cc(N)cc1F. The highest BCUT2D eigenvalue weighted by atomic mass is 32.2. The predicted octanol–water partition coefficient (Wildman–Crippen LogP) is 1.84. The molecule has 1 aromatic carbocycles. The van der Waals surface area contributed by atoms with Crippen LogP contribution < -0.4 is 5.73 Å². The molecule has 0 atom stereocenters. The summed E-state index contributed by atoms with van der Waals surface area (Å²) < 4.78 is 58.6. The van der Waals surface area contributed by atoms with E-state index >= 15 is 0 Å². The van der Waals surface area contributed by atoms with Crippen molar-refractivity contribution in [3.63, 3.8) is 0 Å². The topological polar surface area (TPSA) is 72.6 Å². The van der Waals surface area contributed by atoms with Crippen LogP contribution in [0.1, 0.15) is 13.8 Å². The second-order valence-corrected chi connectivity index (χ2v) is 6.94. The first kappa shape index (κ1) is 17.8. The van der Waals surface area contributed by atoms with Crippen LogP contribution in [0, 0.1) is 17.6 Å². The number of benzene rings is 1. The summed E-state index contributed by atoms with van der Waals surface area (Å²) >= 11 is 0. The lowest BCUT2D eigenvalue weighted by Crippen LogP contribution is -2.37. The van der Waals surface area contributed by atoms with Gasteiger partial charge in [0, 0.05) is 25.9 Å². The maximum Gasteiger partial charge on any atom is 0.249 e. The molecule has 0 bridgehead atoms. The van der Waals surface area contributed by atoms with Gasteiger partial charge in [0.25, 0.3) is 0 Å².